The van der Waals surface area contributed by atoms with Gasteiger partial charge in [-0.1, -0.05) is 24.3 Å². The molecule has 0 saturated heterocycles. The molecule has 0 saturated carbocycles. The van der Waals surface area contributed by atoms with Gasteiger partial charge < -0.3 is 5.73 Å². The van der Waals surface area contributed by atoms with Crippen LogP contribution in [0.4, 0.5) is 18.9 Å². The van der Waals surface area contributed by atoms with E-state index in [9.17, 15) is 13.2 Å². The number of rotatable bonds is 1. The van der Waals surface area contributed by atoms with Crippen LogP contribution in [0.15, 0.2) is 42.5 Å². The zero-order valence-corrected chi connectivity index (χ0v) is 9.75. The van der Waals surface area contributed by atoms with Crippen LogP contribution >= 0.6 is 0 Å². The van der Waals surface area contributed by atoms with E-state index in [1.54, 1.807) is 25.1 Å². The molecular weight excluding hydrogens is 239 g/mol. The van der Waals surface area contributed by atoms with Crippen molar-refractivity contribution in [3.63, 3.8) is 0 Å². The van der Waals surface area contributed by atoms with Gasteiger partial charge in [-0.15, -0.1) is 0 Å². The lowest BCUT2D eigenvalue weighted by atomic mass is 9.97. The standard InChI is InChI=1S/C14H12F3N/c1-9-8-10(14(15,16)17)6-7-11(9)12-4-2-3-5-13(12)18/h2-8H,18H2,1H3. The summed E-state index contributed by atoms with van der Waals surface area (Å²) in [6.07, 6.45) is -4.31. The first kappa shape index (κ1) is 12.5. The van der Waals surface area contributed by atoms with Crippen LogP contribution in [0.2, 0.25) is 0 Å². The van der Waals surface area contributed by atoms with Crippen LogP contribution < -0.4 is 5.73 Å². The number of halogens is 3. The Kier molecular flexibility index (Phi) is 3.03. The maximum absolute atomic E-state index is 12.6. The summed E-state index contributed by atoms with van der Waals surface area (Å²) in [7, 11) is 0. The molecule has 0 fully saturated rings. The smallest absolute Gasteiger partial charge is 0.398 e. The average molecular weight is 251 g/mol. The summed E-state index contributed by atoms with van der Waals surface area (Å²) in [5, 5.41) is 0. The summed E-state index contributed by atoms with van der Waals surface area (Å²) >= 11 is 0. The number of hydrogen-bond acceptors (Lipinski definition) is 1. The normalized spacial score (nSPS) is 11.6. The number of benzene rings is 2. The Morgan fingerprint density at radius 3 is 2.17 bits per heavy atom. The molecule has 0 spiro atoms. The molecule has 0 aromatic heterocycles. The van der Waals surface area contributed by atoms with Crippen LogP contribution in [0.1, 0.15) is 11.1 Å². The Hall–Kier alpha value is -1.97. The van der Waals surface area contributed by atoms with Crippen LogP contribution in [0.3, 0.4) is 0 Å². The fraction of sp³-hybridized carbons (Fsp3) is 0.143. The molecule has 0 aliphatic heterocycles. The highest BCUT2D eigenvalue weighted by Crippen LogP contribution is 2.34. The van der Waals surface area contributed by atoms with Gasteiger partial charge in [-0.2, -0.15) is 13.2 Å². The molecule has 18 heavy (non-hydrogen) atoms. The third-order valence-electron chi connectivity index (χ3n) is 2.80. The van der Waals surface area contributed by atoms with Crippen molar-refractivity contribution in [1.82, 2.24) is 0 Å². The SMILES string of the molecule is Cc1cc(C(F)(F)F)ccc1-c1ccccc1N. The Morgan fingerprint density at radius 2 is 1.61 bits per heavy atom. The predicted molar refractivity (Wildman–Crippen MR) is 66.0 cm³/mol. The van der Waals surface area contributed by atoms with Gasteiger partial charge in [0, 0.05) is 11.3 Å². The summed E-state index contributed by atoms with van der Waals surface area (Å²) in [5.74, 6) is 0. The lowest BCUT2D eigenvalue weighted by Crippen LogP contribution is -2.05. The van der Waals surface area contributed by atoms with Crippen molar-refractivity contribution in [1.29, 1.82) is 0 Å². The topological polar surface area (TPSA) is 26.0 Å². The zero-order valence-electron chi connectivity index (χ0n) is 9.75. The maximum atomic E-state index is 12.6. The van der Waals surface area contributed by atoms with Crippen LogP contribution in [-0.4, -0.2) is 0 Å². The van der Waals surface area contributed by atoms with Crippen LogP contribution in [0.5, 0.6) is 0 Å². The van der Waals surface area contributed by atoms with Gasteiger partial charge in [0.2, 0.25) is 0 Å². The summed E-state index contributed by atoms with van der Waals surface area (Å²) in [6.45, 7) is 1.65. The van der Waals surface area contributed by atoms with Gasteiger partial charge in [0.1, 0.15) is 0 Å². The van der Waals surface area contributed by atoms with E-state index in [4.69, 9.17) is 5.73 Å². The summed E-state index contributed by atoms with van der Waals surface area (Å²) in [4.78, 5) is 0. The van der Waals surface area contributed by atoms with Crippen molar-refractivity contribution >= 4 is 5.69 Å². The lowest BCUT2D eigenvalue weighted by Gasteiger charge is -2.12. The predicted octanol–water partition coefficient (Wildman–Crippen LogP) is 4.26. The minimum atomic E-state index is -4.31. The Morgan fingerprint density at radius 1 is 0.944 bits per heavy atom. The molecule has 2 aromatic carbocycles. The number of alkyl halides is 3. The van der Waals surface area contributed by atoms with Crippen molar-refractivity contribution in [2.24, 2.45) is 0 Å². The van der Waals surface area contributed by atoms with Crippen LogP contribution in [-0.2, 0) is 6.18 Å². The quantitative estimate of drug-likeness (QED) is 0.753. The molecule has 0 heterocycles. The Labute approximate surface area is 103 Å². The molecule has 0 radical (unpaired) electrons. The van der Waals surface area contributed by atoms with Gasteiger partial charge in [0.15, 0.2) is 0 Å². The molecule has 2 rings (SSSR count). The third-order valence-corrected chi connectivity index (χ3v) is 2.80. The van der Waals surface area contributed by atoms with Gasteiger partial charge in [0.25, 0.3) is 0 Å². The van der Waals surface area contributed by atoms with E-state index in [0.717, 1.165) is 23.3 Å². The molecule has 0 aliphatic rings. The zero-order chi connectivity index (χ0) is 13.3. The van der Waals surface area contributed by atoms with Crippen molar-refractivity contribution in [2.45, 2.75) is 13.1 Å². The fourth-order valence-corrected chi connectivity index (χ4v) is 1.88. The monoisotopic (exact) mass is 251 g/mol. The molecule has 4 heteroatoms. The van der Waals surface area contributed by atoms with E-state index >= 15 is 0 Å². The molecular formula is C14H12F3N. The molecule has 0 amide bonds. The second-order valence-corrected chi connectivity index (χ2v) is 4.11. The second kappa shape index (κ2) is 4.37. The molecule has 0 atom stereocenters. The number of anilines is 1. The van der Waals surface area contributed by atoms with Gasteiger partial charge in [-0.25, -0.2) is 0 Å². The molecule has 1 nitrogen and oxygen atoms in total. The van der Waals surface area contributed by atoms with Crippen molar-refractivity contribution < 1.29 is 13.2 Å². The van der Waals surface area contributed by atoms with Crippen molar-refractivity contribution in [3.8, 4) is 11.1 Å². The number of nitrogens with two attached hydrogens (primary N) is 1. The lowest BCUT2D eigenvalue weighted by molar-refractivity contribution is -0.137. The van der Waals surface area contributed by atoms with Gasteiger partial charge in [-0.3, -0.25) is 0 Å². The number of hydrogen-bond donors (Lipinski definition) is 1. The van der Waals surface area contributed by atoms with Crippen molar-refractivity contribution in [2.75, 3.05) is 5.73 Å². The fourth-order valence-electron chi connectivity index (χ4n) is 1.88. The molecule has 2 N–H and O–H groups in total. The van der Waals surface area contributed by atoms with E-state index < -0.39 is 11.7 Å². The first-order chi connectivity index (χ1) is 8.39. The highest BCUT2D eigenvalue weighted by atomic mass is 19.4. The summed E-state index contributed by atoms with van der Waals surface area (Å²) in [6, 6.07) is 10.8. The summed E-state index contributed by atoms with van der Waals surface area (Å²) in [5.41, 5.74) is 7.77. The molecule has 0 bridgehead atoms. The molecule has 94 valence electrons. The first-order valence-corrected chi connectivity index (χ1v) is 5.42. The van der Waals surface area contributed by atoms with E-state index in [2.05, 4.69) is 0 Å². The maximum Gasteiger partial charge on any atom is 0.416 e. The van der Waals surface area contributed by atoms with Gasteiger partial charge in [0.05, 0.1) is 5.56 Å². The number of nitrogen functional groups attached to an aromatic ring is 1. The van der Waals surface area contributed by atoms with E-state index in [0.29, 0.717) is 11.3 Å². The molecule has 2 aromatic rings. The third kappa shape index (κ3) is 2.32. The number of para-hydroxylation sites is 1. The van der Waals surface area contributed by atoms with E-state index in [-0.39, 0.29) is 0 Å². The van der Waals surface area contributed by atoms with Crippen molar-refractivity contribution in [3.05, 3.63) is 53.6 Å². The molecule has 0 aliphatic carbocycles. The number of aryl methyl sites for hydroxylation is 1. The average Bonchev–Trinajstić information content (AvgIpc) is 2.29. The van der Waals surface area contributed by atoms with Gasteiger partial charge >= 0.3 is 6.18 Å². The Balaban J connectivity index is 2.52. The van der Waals surface area contributed by atoms with E-state index in [1.807, 2.05) is 6.07 Å². The Bertz CT molecular complexity index is 573. The highest BCUT2D eigenvalue weighted by Gasteiger charge is 2.30. The minimum absolute atomic E-state index is 0.556. The highest BCUT2D eigenvalue weighted by molar-refractivity contribution is 5.78. The summed E-state index contributed by atoms with van der Waals surface area (Å²) < 4.78 is 37.7. The van der Waals surface area contributed by atoms with Crippen LogP contribution in [0.25, 0.3) is 11.1 Å². The van der Waals surface area contributed by atoms with Gasteiger partial charge in [-0.05, 0) is 36.2 Å². The minimum Gasteiger partial charge on any atom is -0.398 e. The van der Waals surface area contributed by atoms with Crippen LogP contribution in [0, 0.1) is 6.92 Å². The second-order valence-electron chi connectivity index (χ2n) is 4.11. The van der Waals surface area contributed by atoms with E-state index in [1.165, 1.54) is 6.07 Å². The molecule has 0 unspecified atom stereocenters. The largest absolute Gasteiger partial charge is 0.416 e. The first-order valence-electron chi connectivity index (χ1n) is 5.42.